The minimum Gasteiger partial charge on any atom is -0.493 e. The van der Waals surface area contributed by atoms with Gasteiger partial charge in [-0.1, -0.05) is 23.3 Å². The molecule has 208 valence electrons. The first kappa shape index (κ1) is 29.0. The summed E-state index contributed by atoms with van der Waals surface area (Å²) in [6.45, 7) is 3.71. The van der Waals surface area contributed by atoms with E-state index in [1.165, 1.54) is 37.2 Å². The number of allylic oxidation sites excluding steroid dienone is 1. The Morgan fingerprint density at radius 1 is 1.15 bits per heavy atom. The number of fused-ring (bicyclic) bond motifs is 1. The van der Waals surface area contributed by atoms with Crippen LogP contribution in [0.4, 0.5) is 0 Å². The molecule has 0 aliphatic carbocycles. The zero-order valence-corrected chi connectivity index (χ0v) is 25.0. The van der Waals surface area contributed by atoms with E-state index in [1.807, 2.05) is 0 Å². The van der Waals surface area contributed by atoms with Gasteiger partial charge in [-0.3, -0.25) is 9.36 Å². The van der Waals surface area contributed by atoms with Crippen LogP contribution in [0.1, 0.15) is 31.0 Å². The number of ether oxygens (including phenoxy) is 5. The molecule has 2 heterocycles. The van der Waals surface area contributed by atoms with Gasteiger partial charge in [-0.2, -0.15) is 0 Å². The van der Waals surface area contributed by atoms with E-state index in [4.69, 9.17) is 30.1 Å². The molecule has 2 aromatic carbocycles. The topological polar surface area (TPSA) is 97.6 Å². The fraction of sp³-hybridized carbons (Fsp3) is 0.276. The molecule has 4 rings (SSSR count). The highest BCUT2D eigenvalue weighted by Crippen LogP contribution is 2.38. The van der Waals surface area contributed by atoms with Crippen molar-refractivity contribution in [2.45, 2.75) is 19.9 Å². The van der Waals surface area contributed by atoms with E-state index in [9.17, 15) is 9.59 Å². The summed E-state index contributed by atoms with van der Waals surface area (Å²) in [5, 5.41) is 0. The van der Waals surface area contributed by atoms with Crippen LogP contribution in [0.3, 0.4) is 0 Å². The van der Waals surface area contributed by atoms with Crippen molar-refractivity contribution in [1.82, 2.24) is 4.57 Å². The van der Waals surface area contributed by atoms with Gasteiger partial charge in [0, 0.05) is 0 Å². The lowest BCUT2D eigenvalue weighted by Gasteiger charge is -2.25. The van der Waals surface area contributed by atoms with E-state index >= 15 is 0 Å². The molecular weight excluding hydrogens is 600 g/mol. The molecule has 0 saturated heterocycles. The van der Waals surface area contributed by atoms with Crippen LogP contribution in [0.2, 0.25) is 0 Å². The maximum Gasteiger partial charge on any atom is 0.338 e. The second kappa shape index (κ2) is 12.4. The van der Waals surface area contributed by atoms with Crippen LogP contribution in [0, 0.1) is 12.3 Å². The Kier molecular flexibility index (Phi) is 9.02. The molecule has 1 aliphatic rings. The fourth-order valence-corrected chi connectivity index (χ4v) is 5.98. The van der Waals surface area contributed by atoms with Gasteiger partial charge in [0.15, 0.2) is 27.8 Å². The number of carbonyl (C=O) groups excluding carboxylic acids is 1. The average molecular weight is 628 g/mol. The Balaban J connectivity index is 1.93. The molecule has 1 aliphatic heterocycles. The Labute approximate surface area is 243 Å². The van der Waals surface area contributed by atoms with Crippen molar-refractivity contribution in [3.8, 4) is 35.3 Å². The standard InChI is InChI=1S/C29H27BrN2O7S/c1-7-11-39-26-19(30)12-17(13-22(26)37-6)14-23-27(33)32-25(18-9-10-20(35-4)21(15-18)36-5)24(28(34)38-8-2)16(3)31-29(32)40-23/h1,9-10,12-15,25H,8,11H2,2-6H3/b23-14-/t25-/m1/s1. The molecule has 0 amide bonds. The van der Waals surface area contributed by atoms with E-state index < -0.39 is 12.0 Å². The van der Waals surface area contributed by atoms with Gasteiger partial charge < -0.3 is 23.7 Å². The number of hydrogen-bond donors (Lipinski definition) is 0. The van der Waals surface area contributed by atoms with Crippen molar-refractivity contribution >= 4 is 39.3 Å². The molecule has 9 nitrogen and oxygen atoms in total. The summed E-state index contributed by atoms with van der Waals surface area (Å²) in [4.78, 5) is 32.1. The number of nitrogens with zero attached hydrogens (tertiary/aromatic N) is 2. The molecular formula is C29H27BrN2O7S. The molecule has 1 atom stereocenters. The Morgan fingerprint density at radius 3 is 2.52 bits per heavy atom. The van der Waals surface area contributed by atoms with Crippen LogP contribution in [-0.2, 0) is 9.53 Å². The first-order chi connectivity index (χ1) is 19.3. The molecule has 0 fully saturated rings. The van der Waals surface area contributed by atoms with Crippen LogP contribution >= 0.6 is 27.3 Å². The van der Waals surface area contributed by atoms with Gasteiger partial charge in [-0.15, -0.1) is 6.42 Å². The minimum absolute atomic E-state index is 0.0746. The van der Waals surface area contributed by atoms with Gasteiger partial charge in [-0.25, -0.2) is 9.79 Å². The Bertz CT molecular complexity index is 1720. The quantitative estimate of drug-likeness (QED) is 0.264. The van der Waals surface area contributed by atoms with Crippen LogP contribution in [0.25, 0.3) is 6.08 Å². The largest absolute Gasteiger partial charge is 0.493 e. The molecule has 0 radical (unpaired) electrons. The van der Waals surface area contributed by atoms with Crippen LogP contribution in [0.5, 0.6) is 23.0 Å². The second-order valence-electron chi connectivity index (χ2n) is 8.44. The van der Waals surface area contributed by atoms with Crippen LogP contribution in [-0.4, -0.2) is 45.1 Å². The number of esters is 1. The molecule has 0 saturated carbocycles. The number of methoxy groups -OCH3 is 3. The van der Waals surface area contributed by atoms with Gasteiger partial charge in [-0.05, 0) is 71.2 Å². The lowest BCUT2D eigenvalue weighted by atomic mass is 9.95. The first-order valence-electron chi connectivity index (χ1n) is 12.1. The van der Waals surface area contributed by atoms with Gasteiger partial charge in [0.05, 0.1) is 54.3 Å². The number of halogens is 1. The molecule has 3 aromatic rings. The van der Waals surface area contributed by atoms with E-state index in [0.29, 0.717) is 53.6 Å². The third-order valence-corrected chi connectivity index (χ3v) is 7.66. The number of thiazole rings is 1. The number of rotatable bonds is 9. The monoisotopic (exact) mass is 626 g/mol. The van der Waals surface area contributed by atoms with Crippen molar-refractivity contribution in [2.24, 2.45) is 4.99 Å². The molecule has 1 aromatic heterocycles. The number of terminal acetylenes is 1. The van der Waals surface area contributed by atoms with Gasteiger partial charge in [0.25, 0.3) is 5.56 Å². The third kappa shape index (κ3) is 5.50. The van der Waals surface area contributed by atoms with Crippen LogP contribution in [0.15, 0.2) is 55.9 Å². The minimum atomic E-state index is -0.793. The molecule has 11 heteroatoms. The maximum absolute atomic E-state index is 13.9. The summed E-state index contributed by atoms with van der Waals surface area (Å²) in [6.07, 6.45) is 7.06. The predicted octanol–water partition coefficient (Wildman–Crippen LogP) is 3.60. The van der Waals surface area contributed by atoms with E-state index in [1.54, 1.807) is 50.3 Å². The highest BCUT2D eigenvalue weighted by atomic mass is 79.9. The summed E-state index contributed by atoms with van der Waals surface area (Å²) in [5.74, 6) is 3.77. The van der Waals surface area contributed by atoms with Crippen molar-refractivity contribution in [3.63, 3.8) is 0 Å². The van der Waals surface area contributed by atoms with E-state index in [0.717, 1.165) is 0 Å². The summed E-state index contributed by atoms with van der Waals surface area (Å²) in [6, 6.07) is 8.02. The zero-order valence-electron chi connectivity index (χ0n) is 22.6. The Hall–Kier alpha value is -4.01. The van der Waals surface area contributed by atoms with Crippen molar-refractivity contribution in [3.05, 3.63) is 76.9 Å². The summed E-state index contributed by atoms with van der Waals surface area (Å²) in [7, 11) is 4.58. The predicted molar refractivity (Wildman–Crippen MR) is 155 cm³/mol. The van der Waals surface area contributed by atoms with Crippen molar-refractivity contribution < 1.29 is 28.5 Å². The second-order valence-corrected chi connectivity index (χ2v) is 10.3. The summed E-state index contributed by atoms with van der Waals surface area (Å²) in [5.41, 5.74) is 1.74. The maximum atomic E-state index is 13.9. The molecule has 0 spiro atoms. The first-order valence-corrected chi connectivity index (χ1v) is 13.7. The molecule has 0 unspecified atom stereocenters. The number of benzene rings is 2. The Morgan fingerprint density at radius 2 is 1.88 bits per heavy atom. The summed E-state index contributed by atoms with van der Waals surface area (Å²) >= 11 is 4.71. The molecule has 40 heavy (non-hydrogen) atoms. The van der Waals surface area contributed by atoms with Gasteiger partial charge >= 0.3 is 5.97 Å². The van der Waals surface area contributed by atoms with Crippen LogP contribution < -0.4 is 33.8 Å². The summed E-state index contributed by atoms with van der Waals surface area (Å²) < 4.78 is 29.9. The number of aromatic nitrogens is 1. The lowest BCUT2D eigenvalue weighted by molar-refractivity contribution is -0.139. The number of hydrogen-bond acceptors (Lipinski definition) is 9. The zero-order chi connectivity index (χ0) is 29.0. The lowest BCUT2D eigenvalue weighted by Crippen LogP contribution is -2.40. The average Bonchev–Trinajstić information content (AvgIpc) is 3.24. The van der Waals surface area contributed by atoms with Gasteiger partial charge in [0.1, 0.15) is 6.61 Å². The highest BCUT2D eigenvalue weighted by molar-refractivity contribution is 9.10. The third-order valence-electron chi connectivity index (χ3n) is 6.09. The molecule has 0 bridgehead atoms. The smallest absolute Gasteiger partial charge is 0.338 e. The van der Waals surface area contributed by atoms with E-state index in [-0.39, 0.29) is 24.3 Å². The SMILES string of the molecule is C#CCOc1c(Br)cc(/C=c2\sc3n(c2=O)[C@H](c2ccc(OC)c(OC)c2)C(C(=O)OCC)=C(C)N=3)cc1OC. The number of carbonyl (C=O) groups is 1. The van der Waals surface area contributed by atoms with Crippen molar-refractivity contribution in [1.29, 1.82) is 0 Å². The van der Waals surface area contributed by atoms with Gasteiger partial charge in [0.2, 0.25) is 0 Å². The highest BCUT2D eigenvalue weighted by Gasteiger charge is 2.34. The normalized spacial score (nSPS) is 14.6. The van der Waals surface area contributed by atoms with E-state index in [2.05, 4.69) is 26.8 Å². The molecule has 0 N–H and O–H groups in total. The van der Waals surface area contributed by atoms with Crippen molar-refractivity contribution in [2.75, 3.05) is 34.5 Å². The fourth-order valence-electron chi connectivity index (χ4n) is 4.36.